The van der Waals surface area contributed by atoms with Crippen molar-refractivity contribution in [2.24, 2.45) is 0 Å². The van der Waals surface area contributed by atoms with Crippen LogP contribution in [0.2, 0.25) is 0 Å². The van der Waals surface area contributed by atoms with Crippen LogP contribution in [0.4, 0.5) is 0 Å². The lowest BCUT2D eigenvalue weighted by Gasteiger charge is -2.11. The fourth-order valence-electron chi connectivity index (χ4n) is 6.15. The number of fused-ring (bicyclic) bond motifs is 4. The minimum atomic E-state index is 0.544. The number of para-hydroxylation sites is 2. The van der Waals surface area contributed by atoms with Crippen LogP contribution >= 0.6 is 0 Å². The van der Waals surface area contributed by atoms with E-state index in [1.54, 1.807) is 0 Å². The Morgan fingerprint density at radius 2 is 0.891 bits per heavy atom. The summed E-state index contributed by atoms with van der Waals surface area (Å²) in [5.41, 5.74) is 10.8. The molecule has 216 valence electrons. The van der Waals surface area contributed by atoms with Crippen LogP contribution in [0, 0.1) is 0 Å². The Labute approximate surface area is 264 Å². The molecule has 0 bridgehead atoms. The molecular weight excluding hydrogens is 566 g/mol. The summed E-state index contributed by atoms with van der Waals surface area (Å²) in [5, 5.41) is 1.84. The molecular formula is C41H25N3O2. The second-order valence-corrected chi connectivity index (χ2v) is 11.2. The van der Waals surface area contributed by atoms with Crippen molar-refractivity contribution < 1.29 is 8.83 Å². The maximum Gasteiger partial charge on any atom is 0.228 e. The predicted molar refractivity (Wildman–Crippen MR) is 184 cm³/mol. The number of oxazole rings is 1. The Kier molecular flexibility index (Phi) is 6.06. The van der Waals surface area contributed by atoms with Gasteiger partial charge in [-0.05, 0) is 47.5 Å². The van der Waals surface area contributed by atoms with Crippen LogP contribution in [-0.2, 0) is 0 Å². The zero-order chi connectivity index (χ0) is 30.5. The lowest BCUT2D eigenvalue weighted by atomic mass is 10.00. The van der Waals surface area contributed by atoms with Crippen LogP contribution in [0.5, 0.6) is 0 Å². The SMILES string of the molecule is c1ccc(-c2ccc(-c3cc(-c4ccccc4)nc(-c4cccc5oc6cccc(-c7nc8ccccc8o7)c6c45)n3)cc2)cc1. The molecule has 9 aromatic rings. The molecule has 0 saturated heterocycles. The Bertz CT molecular complexity index is 2480. The van der Waals surface area contributed by atoms with Gasteiger partial charge in [-0.25, -0.2) is 15.0 Å². The molecule has 5 nitrogen and oxygen atoms in total. The van der Waals surface area contributed by atoms with Crippen molar-refractivity contribution in [1.29, 1.82) is 0 Å². The highest BCUT2D eigenvalue weighted by atomic mass is 16.3. The normalized spacial score (nSPS) is 11.5. The van der Waals surface area contributed by atoms with E-state index < -0.39 is 0 Å². The number of hydrogen-bond donors (Lipinski definition) is 0. The molecule has 9 rings (SSSR count). The van der Waals surface area contributed by atoms with Crippen molar-refractivity contribution in [2.75, 3.05) is 0 Å². The predicted octanol–water partition coefficient (Wildman–Crippen LogP) is 10.9. The number of benzene rings is 6. The van der Waals surface area contributed by atoms with E-state index in [9.17, 15) is 0 Å². The first-order valence-corrected chi connectivity index (χ1v) is 15.2. The minimum absolute atomic E-state index is 0.544. The van der Waals surface area contributed by atoms with Crippen LogP contribution in [0.25, 0.3) is 89.5 Å². The summed E-state index contributed by atoms with van der Waals surface area (Å²) < 4.78 is 12.6. The van der Waals surface area contributed by atoms with Crippen molar-refractivity contribution in [3.63, 3.8) is 0 Å². The third-order valence-electron chi connectivity index (χ3n) is 8.37. The van der Waals surface area contributed by atoms with Gasteiger partial charge in [0.05, 0.1) is 11.4 Å². The molecule has 0 atom stereocenters. The van der Waals surface area contributed by atoms with E-state index in [2.05, 4.69) is 72.8 Å². The van der Waals surface area contributed by atoms with Crippen LogP contribution in [0.3, 0.4) is 0 Å². The quantitative estimate of drug-likeness (QED) is 0.199. The van der Waals surface area contributed by atoms with Crippen molar-refractivity contribution >= 4 is 33.0 Å². The fourth-order valence-corrected chi connectivity index (χ4v) is 6.15. The van der Waals surface area contributed by atoms with Gasteiger partial charge in [0.15, 0.2) is 11.4 Å². The van der Waals surface area contributed by atoms with Crippen LogP contribution in [0.15, 0.2) is 160 Å². The fraction of sp³-hybridized carbons (Fsp3) is 0. The topological polar surface area (TPSA) is 65.0 Å². The number of hydrogen-bond acceptors (Lipinski definition) is 5. The van der Waals surface area contributed by atoms with Crippen LogP contribution < -0.4 is 0 Å². The monoisotopic (exact) mass is 591 g/mol. The summed E-state index contributed by atoms with van der Waals surface area (Å²) in [7, 11) is 0. The molecule has 5 heteroatoms. The average Bonchev–Trinajstić information content (AvgIpc) is 3.74. The van der Waals surface area contributed by atoms with Crippen LogP contribution in [-0.4, -0.2) is 15.0 Å². The van der Waals surface area contributed by atoms with Crippen LogP contribution in [0.1, 0.15) is 0 Å². The summed E-state index contributed by atoms with van der Waals surface area (Å²) >= 11 is 0. The molecule has 3 aromatic heterocycles. The molecule has 0 saturated carbocycles. The van der Waals surface area contributed by atoms with Crippen molar-refractivity contribution in [3.05, 3.63) is 152 Å². The highest BCUT2D eigenvalue weighted by molar-refractivity contribution is 6.17. The highest BCUT2D eigenvalue weighted by Crippen LogP contribution is 2.42. The molecule has 0 amide bonds. The Morgan fingerprint density at radius 3 is 1.59 bits per heavy atom. The smallest absolute Gasteiger partial charge is 0.228 e. The number of aromatic nitrogens is 3. The molecule has 0 unspecified atom stereocenters. The van der Waals surface area contributed by atoms with Gasteiger partial charge < -0.3 is 8.83 Å². The number of furan rings is 1. The Balaban J connectivity index is 1.26. The van der Waals surface area contributed by atoms with Crippen molar-refractivity contribution in [3.8, 4) is 56.5 Å². The Hall–Kier alpha value is -6.33. The van der Waals surface area contributed by atoms with E-state index in [0.29, 0.717) is 11.7 Å². The summed E-state index contributed by atoms with van der Waals surface area (Å²) in [6.07, 6.45) is 0. The maximum absolute atomic E-state index is 6.41. The molecule has 3 heterocycles. The van der Waals surface area contributed by atoms with E-state index in [4.69, 9.17) is 23.8 Å². The molecule has 0 spiro atoms. The van der Waals surface area contributed by atoms with Crippen molar-refractivity contribution in [1.82, 2.24) is 15.0 Å². The van der Waals surface area contributed by atoms with E-state index >= 15 is 0 Å². The summed E-state index contributed by atoms with van der Waals surface area (Å²) in [6.45, 7) is 0. The van der Waals surface area contributed by atoms with Gasteiger partial charge in [0.2, 0.25) is 5.89 Å². The average molecular weight is 592 g/mol. The first-order valence-electron chi connectivity index (χ1n) is 15.2. The maximum atomic E-state index is 6.41. The standard InChI is InChI=1S/C41H25N3O2/c1-3-11-26(12-4-1)27-21-23-29(24-22-27)34-25-33(28-13-5-2-6-14-28)42-40(43-34)30-15-9-19-36-38(30)39-31(16-10-20-37(39)45-36)41-44-32-17-7-8-18-35(32)46-41/h1-25H. The zero-order valence-corrected chi connectivity index (χ0v) is 24.6. The third-order valence-corrected chi connectivity index (χ3v) is 8.37. The first-order chi connectivity index (χ1) is 22.8. The Morgan fingerprint density at radius 1 is 0.370 bits per heavy atom. The molecule has 0 aliphatic carbocycles. The number of rotatable bonds is 5. The molecule has 0 fully saturated rings. The minimum Gasteiger partial charge on any atom is -0.456 e. The molecule has 0 aliphatic heterocycles. The molecule has 6 aromatic carbocycles. The molecule has 0 N–H and O–H groups in total. The summed E-state index contributed by atoms with van der Waals surface area (Å²) in [5.74, 6) is 1.16. The van der Waals surface area contributed by atoms with Gasteiger partial charge in [0.25, 0.3) is 0 Å². The molecule has 0 radical (unpaired) electrons. The summed E-state index contributed by atoms with van der Waals surface area (Å²) in [6, 6.07) is 51.0. The van der Waals surface area contributed by atoms with Gasteiger partial charge in [-0.3, -0.25) is 0 Å². The highest BCUT2D eigenvalue weighted by Gasteiger charge is 2.21. The first kappa shape index (κ1) is 26.1. The largest absolute Gasteiger partial charge is 0.456 e. The van der Waals surface area contributed by atoms with Gasteiger partial charge in [-0.15, -0.1) is 0 Å². The van der Waals surface area contributed by atoms with Gasteiger partial charge in [-0.1, -0.05) is 115 Å². The van der Waals surface area contributed by atoms with E-state index in [1.165, 1.54) is 5.56 Å². The van der Waals surface area contributed by atoms with Gasteiger partial charge in [-0.2, -0.15) is 0 Å². The van der Waals surface area contributed by atoms with E-state index in [-0.39, 0.29) is 0 Å². The van der Waals surface area contributed by atoms with Gasteiger partial charge >= 0.3 is 0 Å². The lowest BCUT2D eigenvalue weighted by molar-refractivity contribution is 0.620. The van der Waals surface area contributed by atoms with Crippen molar-refractivity contribution in [2.45, 2.75) is 0 Å². The molecule has 0 aliphatic rings. The van der Waals surface area contributed by atoms with Gasteiger partial charge in [0.1, 0.15) is 16.7 Å². The molecule has 46 heavy (non-hydrogen) atoms. The second kappa shape index (κ2) is 10.7. The van der Waals surface area contributed by atoms with Gasteiger partial charge in [0, 0.05) is 33.0 Å². The zero-order valence-electron chi connectivity index (χ0n) is 24.6. The van der Waals surface area contributed by atoms with E-state index in [1.807, 2.05) is 78.9 Å². The second-order valence-electron chi connectivity index (χ2n) is 11.2. The lowest BCUT2D eigenvalue weighted by Crippen LogP contribution is -1.96. The summed E-state index contributed by atoms with van der Waals surface area (Å²) in [4.78, 5) is 15.1. The number of nitrogens with zero attached hydrogens (tertiary/aromatic N) is 3. The van der Waals surface area contributed by atoms with E-state index in [0.717, 1.165) is 72.2 Å². The third kappa shape index (κ3) is 4.45.